The fraction of sp³-hybridized carbons (Fsp3) is 0.400. The van der Waals surface area contributed by atoms with Gasteiger partial charge in [0.05, 0.1) is 12.6 Å². The number of hydrogen-bond acceptors (Lipinski definition) is 2. The molecule has 4 rings (SSSR count). The summed E-state index contributed by atoms with van der Waals surface area (Å²) in [5.41, 5.74) is 3.46. The van der Waals surface area contributed by atoms with Crippen LogP contribution in [0.25, 0.3) is 0 Å². The van der Waals surface area contributed by atoms with Crippen molar-refractivity contribution in [2.45, 2.75) is 76.8 Å². The number of hydrogen-bond donors (Lipinski definition) is 1. The summed E-state index contributed by atoms with van der Waals surface area (Å²) in [4.78, 5) is 15.7. The molecule has 1 amide bonds. The highest BCUT2D eigenvalue weighted by atomic mass is 28.3. The summed E-state index contributed by atoms with van der Waals surface area (Å²) in [6.07, 6.45) is 0. The van der Waals surface area contributed by atoms with Crippen molar-refractivity contribution in [2.24, 2.45) is 5.92 Å². The van der Waals surface area contributed by atoms with Gasteiger partial charge in [-0.1, -0.05) is 150 Å². The molecule has 3 aromatic carbocycles. The van der Waals surface area contributed by atoms with Crippen molar-refractivity contribution in [3.8, 4) is 11.8 Å². The molecule has 0 aromatic heterocycles. The van der Waals surface area contributed by atoms with Crippen molar-refractivity contribution in [3.63, 3.8) is 0 Å². The highest BCUT2D eigenvalue weighted by Crippen LogP contribution is 2.59. The third-order valence-electron chi connectivity index (χ3n) is 9.19. The quantitative estimate of drug-likeness (QED) is 0.242. The van der Waals surface area contributed by atoms with Crippen LogP contribution >= 0.6 is 0 Å². The van der Waals surface area contributed by atoms with E-state index < -0.39 is 8.07 Å². The van der Waals surface area contributed by atoms with Gasteiger partial charge in [-0.15, -0.1) is 0 Å². The van der Waals surface area contributed by atoms with Crippen LogP contribution in [0.3, 0.4) is 0 Å². The Hall–Kier alpha value is -3.13. The smallest absolute Gasteiger partial charge is 0.224 e. The highest BCUT2D eigenvalue weighted by molar-refractivity contribution is 6.96. The highest BCUT2D eigenvalue weighted by Gasteiger charge is 2.65. The first kappa shape index (κ1) is 28.9. The molecule has 204 valence electrons. The first-order chi connectivity index (χ1) is 18.7. The van der Waals surface area contributed by atoms with Crippen molar-refractivity contribution in [1.29, 1.82) is 0 Å². The van der Waals surface area contributed by atoms with E-state index in [0.717, 1.165) is 13.1 Å². The zero-order chi connectivity index (χ0) is 28.0. The Morgan fingerprint density at radius 1 is 0.821 bits per heavy atom. The van der Waals surface area contributed by atoms with E-state index in [9.17, 15) is 4.79 Å². The molecule has 3 aromatic rings. The number of amides is 1. The molecule has 0 saturated carbocycles. The molecule has 1 fully saturated rings. The number of carbonyl (C=O) groups excluding carboxylic acids is 1. The van der Waals surface area contributed by atoms with Crippen LogP contribution in [0.2, 0.25) is 16.1 Å². The molecular formula is C35H44N2OSi. The second-order valence-corrected chi connectivity index (χ2v) is 17.6. The Morgan fingerprint density at radius 3 is 1.74 bits per heavy atom. The average molecular weight is 537 g/mol. The van der Waals surface area contributed by atoms with E-state index in [-0.39, 0.29) is 22.9 Å². The largest absolute Gasteiger partial charge is 0.342 e. The second kappa shape index (κ2) is 12.4. The predicted octanol–water partition coefficient (Wildman–Crippen LogP) is 6.76. The van der Waals surface area contributed by atoms with Crippen LogP contribution in [0.5, 0.6) is 0 Å². The van der Waals surface area contributed by atoms with Crippen LogP contribution in [-0.2, 0) is 17.9 Å². The lowest BCUT2D eigenvalue weighted by atomic mass is 9.92. The van der Waals surface area contributed by atoms with Gasteiger partial charge in [0, 0.05) is 24.0 Å². The number of nitrogens with zero attached hydrogens (tertiary/aromatic N) is 1. The predicted molar refractivity (Wildman–Crippen MR) is 166 cm³/mol. The zero-order valence-corrected chi connectivity index (χ0v) is 25.4. The first-order valence-corrected chi connectivity index (χ1v) is 16.5. The minimum atomic E-state index is -2.28. The molecule has 0 bridgehead atoms. The van der Waals surface area contributed by atoms with Crippen molar-refractivity contribution < 1.29 is 4.79 Å². The van der Waals surface area contributed by atoms with Gasteiger partial charge in [-0.25, -0.2) is 0 Å². The number of rotatable bonds is 9. The standard InChI is InChI=1S/C35H44N2OSi/c1-27(2)39(28(3)4,32-21-14-9-15-22-32)35(6)29(5)34(38)36-33(35)23-16-24-37(25-30-17-10-7-11-18-30)26-31-19-12-8-13-20-31/h7-15,17-22,27-29,33H,24-26H2,1-6H3,(H,36,38)/t29-,33-,35+/m0/s1. The zero-order valence-electron chi connectivity index (χ0n) is 24.4. The van der Waals surface area contributed by atoms with Gasteiger partial charge in [-0.05, 0) is 22.2 Å². The topological polar surface area (TPSA) is 32.3 Å². The Labute approximate surface area is 237 Å². The van der Waals surface area contributed by atoms with E-state index in [0.29, 0.717) is 17.6 Å². The lowest BCUT2D eigenvalue weighted by Gasteiger charge is -2.54. The van der Waals surface area contributed by atoms with Gasteiger partial charge >= 0.3 is 0 Å². The lowest BCUT2D eigenvalue weighted by molar-refractivity contribution is -0.122. The minimum absolute atomic E-state index is 0.0989. The maximum Gasteiger partial charge on any atom is 0.224 e. The SMILES string of the molecule is CC(C)[Si](c1ccccc1)(C(C)C)[C@@]1(C)[C@H](C#CCN(Cc2ccccc2)Cc2ccccc2)NC(=O)[C@@H]1C. The van der Waals surface area contributed by atoms with E-state index in [4.69, 9.17) is 0 Å². The monoisotopic (exact) mass is 536 g/mol. The first-order valence-electron chi connectivity index (χ1n) is 14.4. The molecule has 0 radical (unpaired) electrons. The maximum absolute atomic E-state index is 13.3. The molecule has 3 nitrogen and oxygen atoms in total. The van der Waals surface area contributed by atoms with Crippen LogP contribution in [0.1, 0.15) is 52.7 Å². The van der Waals surface area contributed by atoms with Crippen LogP contribution in [0.4, 0.5) is 0 Å². The summed E-state index contributed by atoms with van der Waals surface area (Å²) >= 11 is 0. The van der Waals surface area contributed by atoms with E-state index in [1.807, 2.05) is 0 Å². The molecule has 1 N–H and O–H groups in total. The number of nitrogens with one attached hydrogen (secondary N) is 1. The van der Waals surface area contributed by atoms with Gasteiger partial charge in [0.15, 0.2) is 0 Å². The van der Waals surface area contributed by atoms with Crippen molar-refractivity contribution in [1.82, 2.24) is 10.2 Å². The lowest BCUT2D eigenvalue weighted by Crippen LogP contribution is -2.65. The maximum atomic E-state index is 13.3. The van der Waals surface area contributed by atoms with Crippen molar-refractivity contribution >= 4 is 19.2 Å². The molecule has 1 saturated heterocycles. The fourth-order valence-corrected chi connectivity index (χ4v) is 15.4. The number of benzene rings is 3. The molecule has 4 heteroatoms. The Morgan fingerprint density at radius 2 is 1.28 bits per heavy atom. The molecule has 0 unspecified atom stereocenters. The molecular weight excluding hydrogens is 492 g/mol. The third kappa shape index (κ3) is 5.62. The molecule has 1 aliphatic rings. The fourth-order valence-electron chi connectivity index (χ4n) is 7.44. The van der Waals surface area contributed by atoms with Gasteiger partial charge in [0.2, 0.25) is 5.91 Å². The summed E-state index contributed by atoms with van der Waals surface area (Å²) < 4.78 is 0. The summed E-state index contributed by atoms with van der Waals surface area (Å²) in [6.45, 7) is 16.3. The molecule has 1 aliphatic heterocycles. The van der Waals surface area contributed by atoms with Gasteiger partial charge in [-0.2, -0.15) is 0 Å². The van der Waals surface area contributed by atoms with E-state index >= 15 is 0 Å². The molecule has 3 atom stereocenters. The molecule has 0 aliphatic carbocycles. The number of carbonyl (C=O) groups is 1. The summed E-state index contributed by atoms with van der Waals surface area (Å²) in [5.74, 6) is 7.22. The molecule has 39 heavy (non-hydrogen) atoms. The summed E-state index contributed by atoms with van der Waals surface area (Å²) in [5, 5.41) is 4.54. The minimum Gasteiger partial charge on any atom is -0.342 e. The summed E-state index contributed by atoms with van der Waals surface area (Å²) in [6, 6.07) is 32.0. The second-order valence-electron chi connectivity index (χ2n) is 11.9. The average Bonchev–Trinajstić information content (AvgIpc) is 3.14. The normalized spacial score (nSPS) is 21.2. The Balaban J connectivity index is 1.70. The van der Waals surface area contributed by atoms with Crippen molar-refractivity contribution in [3.05, 3.63) is 102 Å². The van der Waals surface area contributed by atoms with Crippen LogP contribution in [-0.4, -0.2) is 31.5 Å². The van der Waals surface area contributed by atoms with E-state index in [1.165, 1.54) is 16.3 Å². The van der Waals surface area contributed by atoms with Gasteiger partial charge in [0.25, 0.3) is 0 Å². The van der Waals surface area contributed by atoms with Gasteiger partial charge < -0.3 is 5.32 Å². The van der Waals surface area contributed by atoms with Gasteiger partial charge in [0.1, 0.15) is 8.07 Å². The Bertz CT molecular complexity index is 1230. The van der Waals surface area contributed by atoms with Crippen LogP contribution < -0.4 is 10.5 Å². The Kier molecular flexibility index (Phi) is 9.15. The van der Waals surface area contributed by atoms with Crippen LogP contribution in [0.15, 0.2) is 91.0 Å². The molecule has 0 spiro atoms. The third-order valence-corrected chi connectivity index (χ3v) is 16.6. The molecule has 1 heterocycles. The van der Waals surface area contributed by atoms with Gasteiger partial charge in [-0.3, -0.25) is 9.69 Å². The van der Waals surface area contributed by atoms with Crippen molar-refractivity contribution in [2.75, 3.05) is 6.54 Å². The van der Waals surface area contributed by atoms with Crippen LogP contribution in [0, 0.1) is 17.8 Å². The van der Waals surface area contributed by atoms with E-state index in [2.05, 4.69) is 155 Å². The summed E-state index contributed by atoms with van der Waals surface area (Å²) in [7, 11) is -2.28. The van der Waals surface area contributed by atoms with E-state index in [1.54, 1.807) is 0 Å².